The molecule has 1 aromatic rings. The van der Waals surface area contributed by atoms with Gasteiger partial charge in [-0.15, -0.1) is 0 Å². The molecule has 1 aliphatic rings. The molecule has 2 rings (SSSR count). The number of hydrogen-bond donors (Lipinski definition) is 1. The zero-order valence-electron chi connectivity index (χ0n) is 12.5. The third-order valence-corrected chi connectivity index (χ3v) is 6.34. The van der Waals surface area contributed by atoms with Crippen LogP contribution < -0.4 is 0 Å². The van der Waals surface area contributed by atoms with Crippen LogP contribution >= 0.6 is 11.6 Å². The van der Waals surface area contributed by atoms with Crippen LogP contribution in [0.25, 0.3) is 0 Å². The van der Waals surface area contributed by atoms with Crippen molar-refractivity contribution < 1.29 is 27.6 Å². The van der Waals surface area contributed by atoms with Crippen molar-refractivity contribution in [2.75, 3.05) is 6.54 Å². The van der Waals surface area contributed by atoms with Gasteiger partial charge in [0.05, 0.1) is 16.9 Å². The van der Waals surface area contributed by atoms with Crippen LogP contribution in [0.4, 0.5) is 10.1 Å². The van der Waals surface area contributed by atoms with Crippen molar-refractivity contribution >= 4 is 33.3 Å². The van der Waals surface area contributed by atoms with Crippen LogP contribution in [0.1, 0.15) is 19.8 Å². The Morgan fingerprint density at radius 1 is 1.50 bits per heavy atom. The number of benzene rings is 1. The van der Waals surface area contributed by atoms with E-state index in [4.69, 9.17) is 16.7 Å². The lowest BCUT2D eigenvalue weighted by Gasteiger charge is -2.36. The van der Waals surface area contributed by atoms with Crippen molar-refractivity contribution in [1.29, 1.82) is 0 Å². The first-order chi connectivity index (χ1) is 11.1. The highest BCUT2D eigenvalue weighted by molar-refractivity contribution is 7.89. The second kappa shape index (κ2) is 6.61. The van der Waals surface area contributed by atoms with Gasteiger partial charge in [-0.25, -0.2) is 12.8 Å². The van der Waals surface area contributed by atoms with Gasteiger partial charge in [0.25, 0.3) is 5.69 Å². The van der Waals surface area contributed by atoms with E-state index in [1.807, 2.05) is 0 Å². The van der Waals surface area contributed by atoms with Crippen LogP contribution in [0, 0.1) is 21.8 Å². The highest BCUT2D eigenvalue weighted by Gasteiger charge is 2.41. The number of piperidine rings is 1. The molecule has 1 aromatic carbocycles. The fourth-order valence-electron chi connectivity index (χ4n) is 2.76. The molecule has 132 valence electrons. The first-order valence-corrected chi connectivity index (χ1v) is 8.77. The molecule has 0 saturated carbocycles. The average Bonchev–Trinajstić information content (AvgIpc) is 2.48. The zero-order valence-corrected chi connectivity index (χ0v) is 14.1. The van der Waals surface area contributed by atoms with Gasteiger partial charge in [-0.2, -0.15) is 4.31 Å². The smallest absolute Gasteiger partial charge is 0.308 e. The van der Waals surface area contributed by atoms with E-state index in [0.29, 0.717) is 25.0 Å². The zero-order chi connectivity index (χ0) is 18.2. The molecule has 1 heterocycles. The van der Waals surface area contributed by atoms with Gasteiger partial charge in [0.2, 0.25) is 10.0 Å². The Morgan fingerprint density at radius 3 is 2.67 bits per heavy atom. The standard InChI is InChI=1S/C13H14ClFN2O6S/c1-7-8(13(18)19)3-2-4-16(7)24(22,23)12-5-9(14)11(17(20)21)6-10(12)15/h5-8H,2-4H2,1H3,(H,18,19)/t7-,8-/m1/s1. The van der Waals surface area contributed by atoms with Crippen LogP contribution in [-0.4, -0.2) is 41.3 Å². The van der Waals surface area contributed by atoms with E-state index in [1.165, 1.54) is 6.92 Å². The van der Waals surface area contributed by atoms with E-state index in [9.17, 15) is 27.7 Å². The maximum atomic E-state index is 14.1. The maximum absolute atomic E-state index is 14.1. The van der Waals surface area contributed by atoms with Crippen molar-refractivity contribution in [2.24, 2.45) is 5.92 Å². The van der Waals surface area contributed by atoms with Crippen LogP contribution in [0.2, 0.25) is 5.02 Å². The van der Waals surface area contributed by atoms with E-state index in [1.54, 1.807) is 0 Å². The lowest BCUT2D eigenvalue weighted by atomic mass is 9.92. The number of halogens is 2. The molecule has 2 atom stereocenters. The minimum atomic E-state index is -4.39. The Labute approximate surface area is 142 Å². The van der Waals surface area contributed by atoms with E-state index in [0.717, 1.165) is 4.31 Å². The molecule has 0 aliphatic carbocycles. The highest BCUT2D eigenvalue weighted by atomic mass is 35.5. The molecule has 0 unspecified atom stereocenters. The van der Waals surface area contributed by atoms with Crippen LogP contribution in [-0.2, 0) is 14.8 Å². The lowest BCUT2D eigenvalue weighted by molar-refractivity contribution is -0.384. The summed E-state index contributed by atoms with van der Waals surface area (Å²) >= 11 is 5.67. The topological polar surface area (TPSA) is 118 Å². The SMILES string of the molecule is C[C@@H]1[C@H](C(=O)O)CCCN1S(=O)(=O)c1cc(Cl)c([N+](=O)[O-])cc1F. The van der Waals surface area contributed by atoms with Crippen molar-refractivity contribution in [3.8, 4) is 0 Å². The predicted molar refractivity (Wildman–Crippen MR) is 81.8 cm³/mol. The monoisotopic (exact) mass is 380 g/mol. The minimum Gasteiger partial charge on any atom is -0.481 e. The summed E-state index contributed by atoms with van der Waals surface area (Å²) in [5.74, 6) is -3.36. The number of rotatable bonds is 4. The van der Waals surface area contributed by atoms with Crippen molar-refractivity contribution in [2.45, 2.75) is 30.7 Å². The molecule has 8 nitrogen and oxygen atoms in total. The van der Waals surface area contributed by atoms with Crippen LogP contribution in [0.15, 0.2) is 17.0 Å². The Hall–Kier alpha value is -1.78. The quantitative estimate of drug-likeness (QED) is 0.632. The third-order valence-electron chi connectivity index (χ3n) is 4.03. The van der Waals surface area contributed by atoms with Gasteiger partial charge in [-0.05, 0) is 25.8 Å². The first kappa shape index (κ1) is 18.6. The van der Waals surface area contributed by atoms with E-state index in [2.05, 4.69) is 0 Å². The number of carboxylic acids is 1. The van der Waals surface area contributed by atoms with Gasteiger partial charge in [0.15, 0.2) is 0 Å². The third kappa shape index (κ3) is 3.21. The largest absolute Gasteiger partial charge is 0.481 e. The highest BCUT2D eigenvalue weighted by Crippen LogP contribution is 2.34. The molecule has 1 fully saturated rings. The Kier molecular flexibility index (Phi) is 5.11. The van der Waals surface area contributed by atoms with E-state index >= 15 is 0 Å². The summed E-state index contributed by atoms with van der Waals surface area (Å²) < 4.78 is 40.4. The summed E-state index contributed by atoms with van der Waals surface area (Å²) in [5, 5.41) is 19.4. The Morgan fingerprint density at radius 2 is 2.12 bits per heavy atom. The molecule has 0 spiro atoms. The van der Waals surface area contributed by atoms with Gasteiger partial charge < -0.3 is 5.11 Å². The number of nitro groups is 1. The van der Waals surface area contributed by atoms with Crippen molar-refractivity contribution in [1.82, 2.24) is 4.31 Å². The fourth-order valence-corrected chi connectivity index (χ4v) is 4.84. The molecule has 0 radical (unpaired) electrons. The van der Waals surface area contributed by atoms with Gasteiger partial charge in [-0.1, -0.05) is 11.6 Å². The fraction of sp³-hybridized carbons (Fsp3) is 0.462. The average molecular weight is 381 g/mol. The maximum Gasteiger partial charge on any atom is 0.308 e. The van der Waals surface area contributed by atoms with Crippen LogP contribution in [0.3, 0.4) is 0 Å². The summed E-state index contributed by atoms with van der Waals surface area (Å²) in [4.78, 5) is 20.2. The number of nitro benzene ring substituents is 1. The Bertz CT molecular complexity index is 800. The first-order valence-electron chi connectivity index (χ1n) is 6.95. The lowest BCUT2D eigenvalue weighted by Crippen LogP contribution is -2.49. The minimum absolute atomic E-state index is 0.0291. The number of hydrogen-bond acceptors (Lipinski definition) is 5. The number of aliphatic carboxylic acids is 1. The second-order valence-corrected chi connectivity index (χ2v) is 7.70. The summed E-state index contributed by atoms with van der Waals surface area (Å²) in [6.07, 6.45) is 0.620. The van der Waals surface area contributed by atoms with Gasteiger partial charge >= 0.3 is 5.97 Å². The normalized spacial score (nSPS) is 22.3. The Balaban J connectivity index is 2.49. The molecule has 1 aliphatic heterocycles. The molecule has 11 heteroatoms. The number of sulfonamides is 1. The summed E-state index contributed by atoms with van der Waals surface area (Å²) in [7, 11) is -4.39. The molecule has 0 bridgehead atoms. The van der Waals surface area contributed by atoms with Gasteiger partial charge in [-0.3, -0.25) is 14.9 Å². The molecule has 0 amide bonds. The number of nitrogens with zero attached hydrogens (tertiary/aromatic N) is 2. The molecule has 1 saturated heterocycles. The van der Waals surface area contributed by atoms with Gasteiger partial charge in [0.1, 0.15) is 15.7 Å². The molecular weight excluding hydrogens is 367 g/mol. The number of carbonyl (C=O) groups is 1. The van der Waals surface area contributed by atoms with E-state index < -0.39 is 54.3 Å². The predicted octanol–water partition coefficient (Wildman–Crippen LogP) is 2.26. The number of carboxylic acid groups (broad SMARTS) is 1. The molecular formula is C13H14ClFN2O6S. The molecule has 1 N–H and O–H groups in total. The summed E-state index contributed by atoms with van der Waals surface area (Å²) in [6, 6.07) is 0.245. The molecule has 24 heavy (non-hydrogen) atoms. The van der Waals surface area contributed by atoms with Crippen molar-refractivity contribution in [3.63, 3.8) is 0 Å². The second-order valence-electron chi connectivity index (χ2n) is 5.43. The van der Waals surface area contributed by atoms with Crippen molar-refractivity contribution in [3.05, 3.63) is 33.1 Å². The molecule has 0 aromatic heterocycles. The summed E-state index contributed by atoms with van der Waals surface area (Å²) in [6.45, 7) is 1.46. The van der Waals surface area contributed by atoms with Gasteiger partial charge in [0, 0.05) is 12.6 Å². The van der Waals surface area contributed by atoms with Crippen LogP contribution in [0.5, 0.6) is 0 Å². The van der Waals surface area contributed by atoms with E-state index in [-0.39, 0.29) is 6.54 Å². The summed E-state index contributed by atoms with van der Waals surface area (Å²) in [5.41, 5.74) is -0.747.